The fraction of sp³-hybridized carbons (Fsp3) is 0.625. The molecule has 19 heavy (non-hydrogen) atoms. The van der Waals surface area contributed by atoms with Crippen LogP contribution in [-0.2, 0) is 0 Å². The zero-order valence-corrected chi connectivity index (χ0v) is 11.9. The third-order valence-electron chi connectivity index (χ3n) is 4.43. The Hall–Kier alpha value is -1.06. The zero-order valence-electron chi connectivity index (χ0n) is 11.9. The predicted molar refractivity (Wildman–Crippen MR) is 80.8 cm³/mol. The molecule has 2 heterocycles. The summed E-state index contributed by atoms with van der Waals surface area (Å²) in [5.74, 6) is 0. The second-order valence-corrected chi connectivity index (χ2v) is 5.95. The molecule has 2 fully saturated rings. The van der Waals surface area contributed by atoms with Crippen molar-refractivity contribution in [2.45, 2.75) is 38.3 Å². The highest BCUT2D eigenvalue weighted by molar-refractivity contribution is 5.47. The molecule has 3 nitrogen and oxygen atoms in total. The molecule has 0 saturated carbocycles. The highest BCUT2D eigenvalue weighted by Gasteiger charge is 2.23. The molecule has 0 unspecified atom stereocenters. The van der Waals surface area contributed by atoms with Gasteiger partial charge >= 0.3 is 0 Å². The fourth-order valence-electron chi connectivity index (χ4n) is 3.19. The van der Waals surface area contributed by atoms with Crippen molar-refractivity contribution in [3.63, 3.8) is 0 Å². The number of anilines is 1. The normalized spacial score (nSPS) is 24.9. The van der Waals surface area contributed by atoms with Crippen LogP contribution < -0.4 is 15.5 Å². The van der Waals surface area contributed by atoms with E-state index in [4.69, 9.17) is 0 Å². The minimum Gasteiger partial charge on any atom is -0.371 e. The molecule has 1 aromatic rings. The fourth-order valence-corrected chi connectivity index (χ4v) is 3.19. The molecule has 0 spiro atoms. The maximum absolute atomic E-state index is 3.81. The van der Waals surface area contributed by atoms with Gasteiger partial charge < -0.3 is 15.5 Å². The van der Waals surface area contributed by atoms with E-state index in [0.717, 1.165) is 6.54 Å². The van der Waals surface area contributed by atoms with Gasteiger partial charge in [0.25, 0.3) is 0 Å². The number of nitrogens with zero attached hydrogens (tertiary/aromatic N) is 1. The molecular formula is C16H25N3. The van der Waals surface area contributed by atoms with E-state index in [9.17, 15) is 0 Å². The molecule has 3 heteroatoms. The molecule has 1 atom stereocenters. The smallest absolute Gasteiger partial charge is 0.0366 e. The first-order valence-corrected chi connectivity index (χ1v) is 7.59. The van der Waals surface area contributed by atoms with Gasteiger partial charge in [0.15, 0.2) is 0 Å². The third-order valence-corrected chi connectivity index (χ3v) is 4.43. The number of rotatable bonds is 3. The molecule has 0 radical (unpaired) electrons. The summed E-state index contributed by atoms with van der Waals surface area (Å²) in [6.45, 7) is 6.84. The second kappa shape index (κ2) is 5.93. The summed E-state index contributed by atoms with van der Waals surface area (Å²) in [6, 6.07) is 10.4. The van der Waals surface area contributed by atoms with Crippen molar-refractivity contribution in [2.75, 3.05) is 31.1 Å². The molecule has 3 rings (SSSR count). The van der Waals surface area contributed by atoms with Crippen molar-refractivity contribution in [2.24, 2.45) is 0 Å². The molecule has 1 aromatic carbocycles. The number of nitrogens with one attached hydrogen (secondary N) is 2. The number of piperidine rings is 1. The topological polar surface area (TPSA) is 27.3 Å². The Morgan fingerprint density at radius 2 is 1.79 bits per heavy atom. The first-order chi connectivity index (χ1) is 9.31. The monoisotopic (exact) mass is 259 g/mol. The zero-order chi connectivity index (χ0) is 13.1. The van der Waals surface area contributed by atoms with Crippen molar-refractivity contribution < 1.29 is 0 Å². The van der Waals surface area contributed by atoms with Crippen LogP contribution in [0.2, 0.25) is 0 Å². The van der Waals surface area contributed by atoms with E-state index < -0.39 is 0 Å². The van der Waals surface area contributed by atoms with Crippen LogP contribution in [0.5, 0.6) is 0 Å². The van der Waals surface area contributed by atoms with E-state index in [0.29, 0.717) is 12.1 Å². The van der Waals surface area contributed by atoms with Crippen LogP contribution in [0.3, 0.4) is 0 Å². The summed E-state index contributed by atoms with van der Waals surface area (Å²) in [7, 11) is 0. The van der Waals surface area contributed by atoms with Crippen molar-refractivity contribution in [1.29, 1.82) is 0 Å². The van der Waals surface area contributed by atoms with Crippen LogP contribution in [0, 0.1) is 6.92 Å². The van der Waals surface area contributed by atoms with Gasteiger partial charge in [0, 0.05) is 37.4 Å². The van der Waals surface area contributed by atoms with Gasteiger partial charge in [-0.25, -0.2) is 0 Å². The molecule has 0 aromatic heterocycles. The van der Waals surface area contributed by atoms with E-state index in [-0.39, 0.29) is 0 Å². The summed E-state index contributed by atoms with van der Waals surface area (Å²) in [5.41, 5.74) is 2.72. The van der Waals surface area contributed by atoms with E-state index in [1.54, 1.807) is 0 Å². The van der Waals surface area contributed by atoms with Crippen molar-refractivity contribution in [1.82, 2.24) is 10.6 Å². The predicted octanol–water partition coefficient (Wildman–Crippen LogP) is 1.92. The van der Waals surface area contributed by atoms with Crippen molar-refractivity contribution in [3.8, 4) is 0 Å². The molecule has 2 aliphatic rings. The lowest BCUT2D eigenvalue weighted by Crippen LogP contribution is -2.46. The van der Waals surface area contributed by atoms with E-state index in [2.05, 4.69) is 46.7 Å². The summed E-state index contributed by atoms with van der Waals surface area (Å²) >= 11 is 0. The van der Waals surface area contributed by atoms with Crippen LogP contribution in [0.1, 0.15) is 24.8 Å². The lowest BCUT2D eigenvalue weighted by molar-refractivity contribution is 0.375. The SMILES string of the molecule is Cc1ccc(N2CCC(N[C@@H]3CCNC3)CC2)cc1. The van der Waals surface area contributed by atoms with Crippen LogP contribution in [0.15, 0.2) is 24.3 Å². The first-order valence-electron chi connectivity index (χ1n) is 7.59. The first kappa shape index (κ1) is 12.9. The lowest BCUT2D eigenvalue weighted by atomic mass is 10.0. The number of aryl methyl sites for hydroxylation is 1. The Kier molecular flexibility index (Phi) is 4.04. The van der Waals surface area contributed by atoms with Crippen LogP contribution in [0.4, 0.5) is 5.69 Å². The highest BCUT2D eigenvalue weighted by atomic mass is 15.2. The van der Waals surface area contributed by atoms with Crippen LogP contribution in [0.25, 0.3) is 0 Å². The van der Waals surface area contributed by atoms with Gasteiger partial charge in [0.1, 0.15) is 0 Å². The Balaban J connectivity index is 1.50. The number of hydrogen-bond donors (Lipinski definition) is 2. The Bertz CT molecular complexity index is 387. The quantitative estimate of drug-likeness (QED) is 0.868. The van der Waals surface area contributed by atoms with Gasteiger partial charge in [0.05, 0.1) is 0 Å². The minimum absolute atomic E-state index is 0.705. The molecular weight excluding hydrogens is 234 g/mol. The number of benzene rings is 1. The average molecular weight is 259 g/mol. The lowest BCUT2D eigenvalue weighted by Gasteiger charge is -2.35. The van der Waals surface area contributed by atoms with E-state index in [1.165, 1.54) is 50.1 Å². The molecule has 2 aliphatic heterocycles. The van der Waals surface area contributed by atoms with Gasteiger partial charge in [-0.2, -0.15) is 0 Å². The van der Waals surface area contributed by atoms with Gasteiger partial charge in [-0.1, -0.05) is 17.7 Å². The van der Waals surface area contributed by atoms with E-state index >= 15 is 0 Å². The summed E-state index contributed by atoms with van der Waals surface area (Å²) < 4.78 is 0. The van der Waals surface area contributed by atoms with Crippen molar-refractivity contribution >= 4 is 5.69 Å². The number of hydrogen-bond acceptors (Lipinski definition) is 3. The molecule has 0 bridgehead atoms. The Morgan fingerprint density at radius 3 is 2.42 bits per heavy atom. The molecule has 104 valence electrons. The largest absolute Gasteiger partial charge is 0.371 e. The minimum atomic E-state index is 0.705. The summed E-state index contributed by atoms with van der Waals surface area (Å²) in [5, 5.41) is 7.24. The Labute approximate surface area is 116 Å². The maximum Gasteiger partial charge on any atom is 0.0366 e. The van der Waals surface area contributed by atoms with E-state index in [1.807, 2.05) is 0 Å². The standard InChI is InChI=1S/C16H25N3/c1-13-2-4-16(5-3-13)19-10-7-14(8-11-19)18-15-6-9-17-12-15/h2-5,14-15,17-18H,6-12H2,1H3/t15-/m1/s1. The average Bonchev–Trinajstić information content (AvgIpc) is 2.94. The third kappa shape index (κ3) is 3.28. The van der Waals surface area contributed by atoms with Gasteiger partial charge in [-0.15, -0.1) is 0 Å². The molecule has 2 N–H and O–H groups in total. The van der Waals surface area contributed by atoms with Gasteiger partial charge in [-0.3, -0.25) is 0 Å². The van der Waals surface area contributed by atoms with Crippen LogP contribution in [-0.4, -0.2) is 38.3 Å². The highest BCUT2D eigenvalue weighted by Crippen LogP contribution is 2.20. The Morgan fingerprint density at radius 1 is 1.05 bits per heavy atom. The summed E-state index contributed by atoms with van der Waals surface area (Å²) in [6.07, 6.45) is 3.83. The van der Waals surface area contributed by atoms with Gasteiger partial charge in [0.2, 0.25) is 0 Å². The maximum atomic E-state index is 3.81. The van der Waals surface area contributed by atoms with Crippen molar-refractivity contribution in [3.05, 3.63) is 29.8 Å². The second-order valence-electron chi connectivity index (χ2n) is 5.95. The van der Waals surface area contributed by atoms with Gasteiger partial charge in [-0.05, 0) is 44.9 Å². The molecule has 0 amide bonds. The van der Waals surface area contributed by atoms with Crippen LogP contribution >= 0.6 is 0 Å². The summed E-state index contributed by atoms with van der Waals surface area (Å²) in [4.78, 5) is 2.52. The molecule has 2 saturated heterocycles. The molecule has 0 aliphatic carbocycles.